The molecule has 0 unspecified atom stereocenters. The van der Waals surface area contributed by atoms with Crippen molar-refractivity contribution < 1.29 is 0 Å². The number of unbranched alkanes of at least 4 members (excludes halogenated alkanes) is 10. The third kappa shape index (κ3) is 9.02. The van der Waals surface area contributed by atoms with E-state index in [1.165, 1.54) is 97.9 Å². The van der Waals surface area contributed by atoms with Crippen LogP contribution < -0.4 is 0 Å². The Morgan fingerprint density at radius 1 is 0.500 bits per heavy atom. The van der Waals surface area contributed by atoms with Gasteiger partial charge in [-0.15, -0.1) is 22.7 Å². The topological polar surface area (TPSA) is 25.8 Å². The second kappa shape index (κ2) is 17.5. The van der Waals surface area contributed by atoms with Crippen molar-refractivity contribution in [1.82, 2.24) is 9.97 Å². The molecule has 0 bridgehead atoms. The molecular formula is C34H48N2S2. The van der Waals surface area contributed by atoms with E-state index >= 15 is 0 Å². The molecule has 0 fully saturated rings. The van der Waals surface area contributed by atoms with Gasteiger partial charge < -0.3 is 0 Å². The van der Waals surface area contributed by atoms with E-state index < -0.39 is 0 Å². The van der Waals surface area contributed by atoms with Crippen molar-refractivity contribution in [1.29, 1.82) is 0 Å². The van der Waals surface area contributed by atoms with E-state index in [0.717, 1.165) is 35.3 Å². The highest BCUT2D eigenvalue weighted by Crippen LogP contribution is 2.33. The molecule has 0 saturated heterocycles. The maximum absolute atomic E-state index is 5.03. The first-order chi connectivity index (χ1) is 18.8. The lowest BCUT2D eigenvalue weighted by Gasteiger charge is -2.08. The Labute approximate surface area is 240 Å². The average molecular weight is 549 g/mol. The standard InChI is InChI=1S/C32H42N2S2.C2H6/c1-3-5-7-9-11-13-15-25-21-23-35-31(25)29-19-17-28-27(33-29)18-20-30(34-28)32-26(22-24-36-32)16-14-12-10-8-6-4-2;1-2/h17-24H,3-16H2,1-2H3;1-2H3. The number of fused-ring (bicyclic) bond motifs is 1. The smallest absolute Gasteiger partial charge is 0.0895 e. The number of nitrogens with zero attached hydrogens (tertiary/aromatic N) is 2. The van der Waals surface area contributed by atoms with E-state index in [1.807, 2.05) is 36.5 Å². The lowest BCUT2D eigenvalue weighted by molar-refractivity contribution is 0.608. The van der Waals surface area contributed by atoms with Crippen LogP contribution in [0.3, 0.4) is 0 Å². The molecule has 2 nitrogen and oxygen atoms in total. The first kappa shape index (κ1) is 30.5. The molecule has 0 spiro atoms. The van der Waals surface area contributed by atoms with Crippen molar-refractivity contribution in [2.45, 2.75) is 118 Å². The summed E-state index contributed by atoms with van der Waals surface area (Å²) in [6, 6.07) is 13.2. The van der Waals surface area contributed by atoms with Gasteiger partial charge in [-0.1, -0.05) is 91.9 Å². The molecule has 4 heterocycles. The Morgan fingerprint density at radius 2 is 0.895 bits per heavy atom. The second-order valence-electron chi connectivity index (χ2n) is 10.0. The second-order valence-corrected chi connectivity index (χ2v) is 11.8. The molecule has 206 valence electrons. The van der Waals surface area contributed by atoms with E-state index in [-0.39, 0.29) is 0 Å². The van der Waals surface area contributed by atoms with E-state index in [1.54, 1.807) is 0 Å². The van der Waals surface area contributed by atoms with Gasteiger partial charge in [0.15, 0.2) is 0 Å². The molecule has 4 aromatic rings. The normalized spacial score (nSPS) is 11.1. The predicted octanol–water partition coefficient (Wildman–Crippen LogP) is 11.9. The van der Waals surface area contributed by atoms with Crippen LogP contribution in [0.5, 0.6) is 0 Å². The Hall–Kier alpha value is -2.04. The van der Waals surface area contributed by atoms with Gasteiger partial charge in [0.2, 0.25) is 0 Å². The number of aryl methyl sites for hydroxylation is 2. The maximum Gasteiger partial charge on any atom is 0.0895 e. The summed E-state index contributed by atoms with van der Waals surface area (Å²) >= 11 is 3.64. The minimum atomic E-state index is 0.990. The van der Waals surface area contributed by atoms with Gasteiger partial charge in [-0.25, -0.2) is 9.97 Å². The van der Waals surface area contributed by atoms with Gasteiger partial charge in [0.25, 0.3) is 0 Å². The van der Waals surface area contributed by atoms with Crippen LogP contribution in [0.2, 0.25) is 0 Å². The first-order valence-corrected chi connectivity index (χ1v) is 17.0. The van der Waals surface area contributed by atoms with Gasteiger partial charge in [0.1, 0.15) is 0 Å². The van der Waals surface area contributed by atoms with Crippen LogP contribution in [0, 0.1) is 0 Å². The van der Waals surface area contributed by atoms with Gasteiger partial charge in [-0.05, 0) is 84.0 Å². The third-order valence-corrected chi connectivity index (χ3v) is 9.06. The third-order valence-electron chi connectivity index (χ3n) is 7.10. The molecule has 0 N–H and O–H groups in total. The molecule has 0 aromatic carbocycles. The molecule has 0 atom stereocenters. The van der Waals surface area contributed by atoms with Crippen molar-refractivity contribution in [2.75, 3.05) is 0 Å². The van der Waals surface area contributed by atoms with Crippen LogP contribution in [0.15, 0.2) is 47.2 Å². The van der Waals surface area contributed by atoms with E-state index in [4.69, 9.17) is 9.97 Å². The van der Waals surface area contributed by atoms with Gasteiger partial charge in [0, 0.05) is 0 Å². The van der Waals surface area contributed by atoms with Gasteiger partial charge in [-0.3, -0.25) is 0 Å². The Bertz CT molecular complexity index is 1100. The molecule has 0 amide bonds. The Balaban J connectivity index is 0.00000195. The van der Waals surface area contributed by atoms with Gasteiger partial charge in [-0.2, -0.15) is 0 Å². The van der Waals surface area contributed by atoms with Crippen molar-refractivity contribution in [3.05, 3.63) is 58.3 Å². The zero-order chi connectivity index (χ0) is 27.0. The maximum atomic E-state index is 5.03. The molecule has 0 aliphatic rings. The summed E-state index contributed by atoms with van der Waals surface area (Å²) in [6.45, 7) is 8.56. The SMILES string of the molecule is CC.CCCCCCCCc1ccsc1-c1ccc2nc(-c3sccc3CCCCCCCC)ccc2n1. The summed E-state index contributed by atoms with van der Waals surface area (Å²) in [4.78, 5) is 12.7. The lowest BCUT2D eigenvalue weighted by Crippen LogP contribution is -1.92. The fourth-order valence-electron chi connectivity index (χ4n) is 4.97. The number of thiophene rings is 2. The van der Waals surface area contributed by atoms with E-state index in [0.29, 0.717) is 0 Å². The van der Waals surface area contributed by atoms with Crippen molar-refractivity contribution >= 4 is 33.7 Å². The average Bonchev–Trinajstić information content (AvgIpc) is 3.63. The number of rotatable bonds is 16. The Morgan fingerprint density at radius 3 is 1.32 bits per heavy atom. The molecule has 38 heavy (non-hydrogen) atoms. The summed E-state index contributed by atoms with van der Waals surface area (Å²) in [6.07, 6.45) is 18.3. The first-order valence-electron chi connectivity index (χ1n) is 15.2. The highest BCUT2D eigenvalue weighted by molar-refractivity contribution is 7.14. The monoisotopic (exact) mass is 548 g/mol. The van der Waals surface area contributed by atoms with Gasteiger partial charge in [0.05, 0.1) is 32.2 Å². The van der Waals surface area contributed by atoms with Crippen molar-refractivity contribution in [2.24, 2.45) is 0 Å². The zero-order valence-electron chi connectivity index (χ0n) is 24.2. The quantitative estimate of drug-likeness (QED) is 0.130. The molecule has 0 radical (unpaired) electrons. The summed E-state index contributed by atoms with van der Waals surface area (Å²) in [5.74, 6) is 0. The molecule has 4 rings (SSSR count). The molecular weight excluding hydrogens is 501 g/mol. The Kier molecular flexibility index (Phi) is 14.1. The predicted molar refractivity (Wildman–Crippen MR) is 172 cm³/mol. The highest BCUT2D eigenvalue weighted by Gasteiger charge is 2.12. The van der Waals surface area contributed by atoms with Crippen LogP contribution in [0.1, 0.15) is 116 Å². The van der Waals surface area contributed by atoms with E-state index in [9.17, 15) is 0 Å². The summed E-state index contributed by atoms with van der Waals surface area (Å²) < 4.78 is 0. The largest absolute Gasteiger partial charge is 0.245 e. The van der Waals surface area contributed by atoms with Crippen molar-refractivity contribution in [3.63, 3.8) is 0 Å². The van der Waals surface area contributed by atoms with Gasteiger partial charge >= 0.3 is 0 Å². The number of hydrogen-bond acceptors (Lipinski definition) is 4. The fourth-order valence-corrected chi connectivity index (χ4v) is 6.82. The van der Waals surface area contributed by atoms with E-state index in [2.05, 4.69) is 61.0 Å². The number of hydrogen-bond donors (Lipinski definition) is 0. The molecule has 4 heteroatoms. The van der Waals surface area contributed by atoms with Crippen molar-refractivity contribution in [3.8, 4) is 21.1 Å². The summed E-state index contributed by atoms with van der Waals surface area (Å²) in [5.41, 5.74) is 7.06. The summed E-state index contributed by atoms with van der Waals surface area (Å²) in [5, 5.41) is 4.44. The van der Waals surface area contributed by atoms with Crippen LogP contribution in [0.4, 0.5) is 0 Å². The van der Waals surface area contributed by atoms with Crippen LogP contribution in [0.25, 0.3) is 32.2 Å². The fraction of sp³-hybridized carbons (Fsp3) is 0.529. The highest BCUT2D eigenvalue weighted by atomic mass is 32.1. The number of aromatic nitrogens is 2. The van der Waals surface area contributed by atoms with Crippen LogP contribution in [-0.4, -0.2) is 9.97 Å². The zero-order valence-corrected chi connectivity index (χ0v) is 25.9. The molecule has 4 aromatic heterocycles. The summed E-state index contributed by atoms with van der Waals surface area (Å²) in [7, 11) is 0. The molecule has 0 saturated carbocycles. The molecule has 0 aliphatic heterocycles. The van der Waals surface area contributed by atoms with Crippen LogP contribution >= 0.6 is 22.7 Å². The minimum absolute atomic E-state index is 0.990. The minimum Gasteiger partial charge on any atom is -0.245 e. The van der Waals surface area contributed by atoms with Crippen LogP contribution in [-0.2, 0) is 12.8 Å². The molecule has 0 aliphatic carbocycles. The lowest BCUT2D eigenvalue weighted by atomic mass is 10.0. The number of pyridine rings is 2.